The van der Waals surface area contributed by atoms with Crippen molar-refractivity contribution in [2.24, 2.45) is 0 Å². The van der Waals surface area contributed by atoms with Crippen LogP contribution in [0.25, 0.3) is 0 Å². The molecule has 0 unspecified atom stereocenters. The van der Waals surface area contributed by atoms with Gasteiger partial charge in [-0.05, 0) is 55.4 Å². The normalized spacial score (nSPS) is 37.0. The Hall–Kier alpha value is -0.200. The van der Waals surface area contributed by atoms with Gasteiger partial charge in [0, 0.05) is 0 Å². The van der Waals surface area contributed by atoms with Crippen molar-refractivity contribution in [3.63, 3.8) is 0 Å². The van der Waals surface area contributed by atoms with Crippen LogP contribution >= 0.6 is 0 Å². The second-order valence-corrected chi connectivity index (χ2v) is 7.66. The first-order valence-corrected chi connectivity index (χ1v) is 8.98. The van der Waals surface area contributed by atoms with E-state index >= 15 is 0 Å². The van der Waals surface area contributed by atoms with Gasteiger partial charge in [-0.15, -0.1) is 0 Å². The molecule has 0 spiro atoms. The maximum absolute atomic E-state index is 6.22. The number of hydrogen-bond acceptors (Lipinski definition) is 5. The summed E-state index contributed by atoms with van der Waals surface area (Å²) in [4.78, 5) is 0. The van der Waals surface area contributed by atoms with E-state index in [2.05, 4.69) is 0 Å². The highest BCUT2D eigenvalue weighted by Gasteiger charge is 2.63. The highest BCUT2D eigenvalue weighted by molar-refractivity contribution is 5.11. The van der Waals surface area contributed by atoms with Gasteiger partial charge in [-0.3, -0.25) is 0 Å². The maximum atomic E-state index is 6.22. The lowest BCUT2D eigenvalue weighted by Gasteiger charge is -2.42. The Morgan fingerprint density at radius 2 is 0.739 bits per heavy atom. The van der Waals surface area contributed by atoms with Crippen LogP contribution in [-0.2, 0) is 23.7 Å². The lowest BCUT2D eigenvalue weighted by atomic mass is 9.88. The summed E-state index contributed by atoms with van der Waals surface area (Å²) >= 11 is 0. The summed E-state index contributed by atoms with van der Waals surface area (Å²) in [6.07, 6.45) is -0.112. The van der Waals surface area contributed by atoms with Crippen LogP contribution in [0.15, 0.2) is 0 Å². The van der Waals surface area contributed by atoms with E-state index in [1.807, 2.05) is 55.4 Å². The molecule has 2 rings (SSSR count). The van der Waals surface area contributed by atoms with Crippen LogP contribution in [0, 0.1) is 0 Å². The Bertz CT molecular complexity index is 334. The first-order valence-electron chi connectivity index (χ1n) is 8.98. The van der Waals surface area contributed by atoms with Crippen molar-refractivity contribution in [2.45, 2.75) is 116 Å². The lowest BCUT2D eigenvalue weighted by Crippen LogP contribution is -2.59. The van der Waals surface area contributed by atoms with Crippen LogP contribution < -0.4 is 0 Å². The summed E-state index contributed by atoms with van der Waals surface area (Å²) in [6, 6.07) is 0. The molecule has 0 bridgehead atoms. The Morgan fingerprint density at radius 3 is 1.00 bits per heavy atom. The van der Waals surface area contributed by atoms with Crippen molar-refractivity contribution < 1.29 is 23.7 Å². The Balaban J connectivity index is 2.24. The van der Waals surface area contributed by atoms with Crippen LogP contribution in [0.5, 0.6) is 0 Å². The van der Waals surface area contributed by atoms with E-state index in [-0.39, 0.29) is 61.0 Å². The topological polar surface area (TPSA) is 49.5 Å². The van der Waals surface area contributed by atoms with Gasteiger partial charge in [-0.2, -0.15) is 0 Å². The zero-order valence-corrected chi connectivity index (χ0v) is 15.8. The van der Waals surface area contributed by atoms with E-state index in [0.29, 0.717) is 0 Å². The van der Waals surface area contributed by atoms with E-state index in [1.165, 1.54) is 0 Å². The molecule has 23 heavy (non-hydrogen) atoms. The van der Waals surface area contributed by atoms with Crippen LogP contribution in [0.2, 0.25) is 0 Å². The van der Waals surface area contributed by atoms with Gasteiger partial charge in [-0.1, -0.05) is 0 Å². The third-order valence-corrected chi connectivity index (χ3v) is 3.90. The van der Waals surface area contributed by atoms with E-state index in [9.17, 15) is 0 Å². The lowest BCUT2D eigenvalue weighted by molar-refractivity contribution is -0.221. The third-order valence-electron chi connectivity index (χ3n) is 3.90. The fourth-order valence-corrected chi connectivity index (χ4v) is 3.29. The summed E-state index contributed by atoms with van der Waals surface area (Å²) in [7, 11) is 0. The molecule has 5 nitrogen and oxygen atoms in total. The highest BCUT2D eigenvalue weighted by Crippen LogP contribution is 2.44. The molecule has 2 aliphatic rings. The van der Waals surface area contributed by atoms with Gasteiger partial charge in [0.1, 0.15) is 36.6 Å². The summed E-state index contributed by atoms with van der Waals surface area (Å²) in [5.74, 6) is 0. The van der Waals surface area contributed by atoms with Gasteiger partial charge in [-0.25, -0.2) is 0 Å². The van der Waals surface area contributed by atoms with Crippen molar-refractivity contribution in [2.75, 3.05) is 0 Å². The van der Waals surface area contributed by atoms with Crippen LogP contribution in [0.4, 0.5) is 0 Å². The Morgan fingerprint density at radius 1 is 0.478 bits per heavy atom. The first-order chi connectivity index (χ1) is 10.7. The number of ether oxygens (including phenoxy) is 5. The average molecular weight is 330 g/mol. The zero-order chi connectivity index (χ0) is 17.3. The molecular weight excluding hydrogens is 296 g/mol. The van der Waals surface area contributed by atoms with Crippen LogP contribution in [0.1, 0.15) is 55.4 Å². The largest absolute Gasteiger partial charge is 0.370 e. The molecule has 1 aliphatic heterocycles. The fraction of sp³-hybridized carbons (Fsp3) is 1.00. The smallest absolute Gasteiger partial charge is 0.116 e. The summed E-state index contributed by atoms with van der Waals surface area (Å²) in [5, 5.41) is 0. The predicted molar refractivity (Wildman–Crippen MR) is 88.7 cm³/mol. The molecule has 6 atom stereocenters. The van der Waals surface area contributed by atoms with Gasteiger partial charge < -0.3 is 23.7 Å². The average Bonchev–Trinajstić information content (AvgIpc) is 3.16. The molecule has 0 aromatic heterocycles. The molecule has 1 heterocycles. The molecule has 136 valence electrons. The van der Waals surface area contributed by atoms with Crippen molar-refractivity contribution in [1.82, 2.24) is 0 Å². The second-order valence-electron chi connectivity index (χ2n) is 7.66. The third kappa shape index (κ3) is 4.89. The van der Waals surface area contributed by atoms with Crippen molar-refractivity contribution in [3.8, 4) is 0 Å². The highest BCUT2D eigenvalue weighted by atomic mass is 16.7. The minimum atomic E-state index is -0.188. The SMILES string of the molecule is CC(C)O[C@@H]1[C@H](OC(C)C)[C@@H](OC(C)C)[C@H]2O[C@@H]2[C@@H]1OC(C)C. The Labute approximate surface area is 140 Å². The van der Waals surface area contributed by atoms with Gasteiger partial charge in [0.15, 0.2) is 0 Å². The molecule has 1 aliphatic carbocycles. The summed E-state index contributed by atoms with van der Waals surface area (Å²) in [6.45, 7) is 16.3. The van der Waals surface area contributed by atoms with E-state index in [1.54, 1.807) is 0 Å². The monoisotopic (exact) mass is 330 g/mol. The van der Waals surface area contributed by atoms with Crippen LogP contribution in [0.3, 0.4) is 0 Å². The number of epoxide rings is 1. The number of fused-ring (bicyclic) bond motifs is 1. The molecule has 0 N–H and O–H groups in total. The second kappa shape index (κ2) is 7.79. The van der Waals surface area contributed by atoms with Crippen molar-refractivity contribution >= 4 is 0 Å². The number of hydrogen-bond donors (Lipinski definition) is 0. The van der Waals surface area contributed by atoms with Gasteiger partial charge in [0.05, 0.1) is 24.4 Å². The van der Waals surface area contributed by atoms with Crippen molar-refractivity contribution in [1.29, 1.82) is 0 Å². The molecule has 2 fully saturated rings. The minimum Gasteiger partial charge on any atom is -0.370 e. The predicted octanol–water partition coefficient (Wildman–Crippen LogP) is 2.94. The molecule has 1 saturated carbocycles. The molecular formula is C18H34O5. The van der Waals surface area contributed by atoms with Crippen molar-refractivity contribution in [3.05, 3.63) is 0 Å². The summed E-state index contributed by atoms with van der Waals surface area (Å²) < 4.78 is 30.6. The Kier molecular flexibility index (Phi) is 6.48. The molecule has 0 aromatic rings. The van der Waals surface area contributed by atoms with Crippen LogP contribution in [-0.4, -0.2) is 61.0 Å². The number of rotatable bonds is 8. The maximum Gasteiger partial charge on any atom is 0.116 e. The first kappa shape index (κ1) is 19.1. The molecule has 0 radical (unpaired) electrons. The van der Waals surface area contributed by atoms with E-state index in [4.69, 9.17) is 23.7 Å². The zero-order valence-electron chi connectivity index (χ0n) is 15.8. The van der Waals surface area contributed by atoms with Gasteiger partial charge in [0.2, 0.25) is 0 Å². The molecule has 0 amide bonds. The fourth-order valence-electron chi connectivity index (χ4n) is 3.29. The molecule has 0 aromatic carbocycles. The molecule has 5 heteroatoms. The van der Waals surface area contributed by atoms with Gasteiger partial charge >= 0.3 is 0 Å². The molecule has 1 saturated heterocycles. The van der Waals surface area contributed by atoms with Gasteiger partial charge in [0.25, 0.3) is 0 Å². The summed E-state index contributed by atoms with van der Waals surface area (Å²) in [5.41, 5.74) is 0. The van der Waals surface area contributed by atoms with E-state index in [0.717, 1.165) is 0 Å². The standard InChI is InChI=1S/C18H34O5/c1-9(2)19-13-14(20-10(3)4)16(22-12(7)8)18-17(23-18)15(13)21-11(5)6/h9-18H,1-8H3/t13-,14+,15-,16-,17-,18-/m1/s1. The minimum absolute atomic E-state index is 0.0388. The van der Waals surface area contributed by atoms with E-state index < -0.39 is 0 Å². The quantitative estimate of drug-likeness (QED) is 0.641.